The standard InChI is InChI=1S/C23H25N3O3S/c1-4-29-17-8-6-16(7-9-17)22-24-18-11-12-26(14-21(18)30-22)23(27)25-19-13-15(2)5-10-20(19)28-3/h5-10,13H,4,11-12,14H2,1-3H3,(H,25,27). The maximum atomic E-state index is 12.9. The van der Waals surface area contributed by atoms with Gasteiger partial charge in [-0.3, -0.25) is 0 Å². The molecule has 0 fully saturated rings. The summed E-state index contributed by atoms with van der Waals surface area (Å²) in [4.78, 5) is 20.6. The number of carbonyl (C=O) groups excluding carboxylic acids is 1. The summed E-state index contributed by atoms with van der Waals surface area (Å²) in [6.07, 6.45) is 0.751. The second-order valence-corrected chi connectivity index (χ2v) is 8.24. The number of nitrogens with one attached hydrogen (secondary N) is 1. The van der Waals surface area contributed by atoms with Gasteiger partial charge in [0.25, 0.3) is 0 Å². The van der Waals surface area contributed by atoms with Crippen molar-refractivity contribution in [3.05, 3.63) is 58.6 Å². The van der Waals surface area contributed by atoms with Gasteiger partial charge < -0.3 is 19.7 Å². The van der Waals surface area contributed by atoms with Gasteiger partial charge >= 0.3 is 6.03 Å². The molecule has 2 aromatic carbocycles. The molecule has 1 N–H and O–H groups in total. The van der Waals surface area contributed by atoms with E-state index in [9.17, 15) is 4.79 Å². The first-order valence-corrected chi connectivity index (χ1v) is 10.8. The van der Waals surface area contributed by atoms with E-state index in [1.54, 1.807) is 18.4 Å². The molecule has 0 saturated carbocycles. The Morgan fingerprint density at radius 1 is 1.23 bits per heavy atom. The SMILES string of the molecule is CCOc1ccc(-c2nc3c(s2)CN(C(=O)Nc2cc(C)ccc2OC)CC3)cc1. The zero-order valence-corrected chi connectivity index (χ0v) is 18.2. The van der Waals surface area contributed by atoms with E-state index in [1.807, 2.05) is 61.2 Å². The Morgan fingerprint density at radius 2 is 2.03 bits per heavy atom. The van der Waals surface area contributed by atoms with Crippen molar-refractivity contribution in [3.63, 3.8) is 0 Å². The van der Waals surface area contributed by atoms with Gasteiger partial charge in [-0.1, -0.05) is 6.07 Å². The van der Waals surface area contributed by atoms with Crippen LogP contribution in [0.2, 0.25) is 0 Å². The summed E-state index contributed by atoms with van der Waals surface area (Å²) in [6.45, 7) is 5.81. The molecule has 2 heterocycles. The fourth-order valence-corrected chi connectivity index (χ4v) is 4.60. The summed E-state index contributed by atoms with van der Waals surface area (Å²) in [7, 11) is 1.60. The van der Waals surface area contributed by atoms with Crippen LogP contribution in [0.3, 0.4) is 0 Å². The minimum absolute atomic E-state index is 0.124. The van der Waals surface area contributed by atoms with Crippen molar-refractivity contribution in [2.75, 3.05) is 25.6 Å². The predicted octanol–water partition coefficient (Wildman–Crippen LogP) is 5.12. The molecule has 2 amide bonds. The Balaban J connectivity index is 1.47. The normalized spacial score (nSPS) is 13.0. The quantitative estimate of drug-likeness (QED) is 0.619. The lowest BCUT2D eigenvalue weighted by molar-refractivity contribution is 0.206. The number of amides is 2. The van der Waals surface area contributed by atoms with Gasteiger partial charge in [0.15, 0.2) is 0 Å². The van der Waals surface area contributed by atoms with Crippen LogP contribution in [0.25, 0.3) is 10.6 Å². The van der Waals surface area contributed by atoms with Crippen LogP contribution in [-0.2, 0) is 13.0 Å². The van der Waals surface area contributed by atoms with Crippen LogP contribution in [0.1, 0.15) is 23.1 Å². The molecule has 0 aliphatic carbocycles. The second kappa shape index (κ2) is 8.75. The third-order valence-corrected chi connectivity index (χ3v) is 6.16. The first-order chi connectivity index (χ1) is 14.6. The molecule has 0 radical (unpaired) electrons. The van der Waals surface area contributed by atoms with E-state index >= 15 is 0 Å². The fraction of sp³-hybridized carbons (Fsp3) is 0.304. The van der Waals surface area contributed by atoms with E-state index in [-0.39, 0.29) is 6.03 Å². The molecule has 4 rings (SSSR count). The van der Waals surface area contributed by atoms with Gasteiger partial charge in [-0.2, -0.15) is 0 Å². The summed E-state index contributed by atoms with van der Waals surface area (Å²) >= 11 is 1.65. The lowest BCUT2D eigenvalue weighted by atomic mass is 10.1. The number of aromatic nitrogens is 1. The summed E-state index contributed by atoms with van der Waals surface area (Å²) in [6, 6.07) is 13.6. The number of rotatable bonds is 5. The minimum atomic E-state index is -0.124. The van der Waals surface area contributed by atoms with Crippen molar-refractivity contribution in [1.29, 1.82) is 0 Å². The topological polar surface area (TPSA) is 63.7 Å². The van der Waals surface area contributed by atoms with Crippen molar-refractivity contribution < 1.29 is 14.3 Å². The average Bonchev–Trinajstić information content (AvgIpc) is 3.18. The van der Waals surface area contributed by atoms with E-state index in [1.165, 1.54) is 0 Å². The molecule has 6 nitrogen and oxygen atoms in total. The second-order valence-electron chi connectivity index (χ2n) is 7.15. The van der Waals surface area contributed by atoms with E-state index in [0.717, 1.165) is 38.9 Å². The van der Waals surface area contributed by atoms with E-state index in [2.05, 4.69) is 5.32 Å². The minimum Gasteiger partial charge on any atom is -0.495 e. The van der Waals surface area contributed by atoms with Crippen molar-refractivity contribution in [2.24, 2.45) is 0 Å². The third kappa shape index (κ3) is 4.26. The first-order valence-electron chi connectivity index (χ1n) is 9.99. The van der Waals surface area contributed by atoms with Crippen molar-refractivity contribution >= 4 is 23.1 Å². The number of urea groups is 1. The zero-order chi connectivity index (χ0) is 21.1. The molecule has 0 bridgehead atoms. The Kier molecular flexibility index (Phi) is 5.90. The van der Waals surface area contributed by atoms with Crippen LogP contribution in [0.5, 0.6) is 11.5 Å². The molecule has 1 aromatic heterocycles. The lowest BCUT2D eigenvalue weighted by Crippen LogP contribution is -2.38. The van der Waals surface area contributed by atoms with E-state index in [0.29, 0.717) is 31.1 Å². The van der Waals surface area contributed by atoms with Gasteiger partial charge in [-0.25, -0.2) is 9.78 Å². The van der Waals surface area contributed by atoms with E-state index < -0.39 is 0 Å². The number of ether oxygens (including phenoxy) is 2. The van der Waals surface area contributed by atoms with Gasteiger partial charge in [0.2, 0.25) is 0 Å². The van der Waals surface area contributed by atoms with Crippen LogP contribution < -0.4 is 14.8 Å². The number of anilines is 1. The fourth-order valence-electron chi connectivity index (χ4n) is 3.47. The highest BCUT2D eigenvalue weighted by molar-refractivity contribution is 7.15. The molecule has 1 aliphatic heterocycles. The molecule has 156 valence electrons. The monoisotopic (exact) mass is 423 g/mol. The number of nitrogens with zero attached hydrogens (tertiary/aromatic N) is 2. The van der Waals surface area contributed by atoms with Crippen LogP contribution in [0.15, 0.2) is 42.5 Å². The number of thiazole rings is 1. The number of carbonyl (C=O) groups is 1. The van der Waals surface area contributed by atoms with Crippen molar-refractivity contribution in [2.45, 2.75) is 26.8 Å². The molecular weight excluding hydrogens is 398 g/mol. The van der Waals surface area contributed by atoms with Gasteiger partial charge in [0.05, 0.1) is 31.6 Å². The van der Waals surface area contributed by atoms with Crippen LogP contribution in [-0.4, -0.2) is 36.2 Å². The molecule has 0 unspecified atom stereocenters. The summed E-state index contributed by atoms with van der Waals surface area (Å²) in [5, 5.41) is 3.97. The molecule has 7 heteroatoms. The molecule has 0 atom stereocenters. The Morgan fingerprint density at radius 3 is 2.77 bits per heavy atom. The van der Waals surface area contributed by atoms with Crippen LogP contribution >= 0.6 is 11.3 Å². The Labute approximate surface area is 180 Å². The van der Waals surface area contributed by atoms with Gasteiger partial charge in [0, 0.05) is 23.4 Å². The molecular formula is C23H25N3O3S. The summed E-state index contributed by atoms with van der Waals surface area (Å²) < 4.78 is 10.9. The molecule has 0 spiro atoms. The number of hydrogen-bond donors (Lipinski definition) is 1. The highest BCUT2D eigenvalue weighted by atomic mass is 32.1. The van der Waals surface area contributed by atoms with Crippen molar-refractivity contribution in [1.82, 2.24) is 9.88 Å². The highest BCUT2D eigenvalue weighted by Gasteiger charge is 2.25. The average molecular weight is 424 g/mol. The van der Waals surface area contributed by atoms with Gasteiger partial charge in [-0.15, -0.1) is 11.3 Å². The Bertz CT molecular complexity index is 1050. The number of hydrogen-bond acceptors (Lipinski definition) is 5. The zero-order valence-electron chi connectivity index (χ0n) is 17.4. The third-order valence-electron chi connectivity index (χ3n) is 5.03. The lowest BCUT2D eigenvalue weighted by Gasteiger charge is -2.26. The molecule has 0 saturated heterocycles. The molecule has 3 aromatic rings. The maximum Gasteiger partial charge on any atom is 0.322 e. The highest BCUT2D eigenvalue weighted by Crippen LogP contribution is 2.33. The number of aryl methyl sites for hydroxylation is 1. The van der Waals surface area contributed by atoms with E-state index in [4.69, 9.17) is 14.5 Å². The first kappa shape index (κ1) is 20.2. The number of fused-ring (bicyclic) bond motifs is 1. The largest absolute Gasteiger partial charge is 0.495 e. The smallest absolute Gasteiger partial charge is 0.322 e. The molecule has 30 heavy (non-hydrogen) atoms. The van der Waals surface area contributed by atoms with Gasteiger partial charge in [-0.05, 0) is 55.8 Å². The van der Waals surface area contributed by atoms with Crippen LogP contribution in [0.4, 0.5) is 10.5 Å². The predicted molar refractivity (Wildman–Crippen MR) is 120 cm³/mol. The number of methoxy groups -OCH3 is 1. The van der Waals surface area contributed by atoms with Crippen molar-refractivity contribution in [3.8, 4) is 22.1 Å². The summed E-state index contributed by atoms with van der Waals surface area (Å²) in [5.41, 5.74) is 3.90. The van der Waals surface area contributed by atoms with Gasteiger partial charge in [0.1, 0.15) is 16.5 Å². The van der Waals surface area contributed by atoms with Crippen LogP contribution in [0, 0.1) is 6.92 Å². The number of benzene rings is 2. The Hall–Kier alpha value is -3.06. The molecule has 1 aliphatic rings. The maximum absolute atomic E-state index is 12.9. The summed E-state index contributed by atoms with van der Waals surface area (Å²) in [5.74, 6) is 1.51.